The van der Waals surface area contributed by atoms with Gasteiger partial charge in [0, 0.05) is 13.2 Å². The zero-order valence-electron chi connectivity index (χ0n) is 11.5. The molecule has 18 heavy (non-hydrogen) atoms. The van der Waals surface area contributed by atoms with Crippen LogP contribution in [0.4, 0.5) is 0 Å². The average Bonchev–Trinajstić information content (AvgIpc) is 2.43. The Bertz CT molecular complexity index is 377. The third kappa shape index (κ3) is 3.12. The lowest BCUT2D eigenvalue weighted by atomic mass is 9.70. The molecule has 100 valence electrons. The quantitative estimate of drug-likeness (QED) is 0.784. The van der Waals surface area contributed by atoms with E-state index in [0.717, 1.165) is 39.0 Å². The molecule has 0 heterocycles. The van der Waals surface area contributed by atoms with Gasteiger partial charge in [0.05, 0.1) is 0 Å². The van der Waals surface area contributed by atoms with Crippen LogP contribution in [0.1, 0.15) is 37.3 Å². The van der Waals surface area contributed by atoms with Crippen LogP contribution in [0.3, 0.4) is 0 Å². The Balaban J connectivity index is 1.98. The number of hydrogen-bond acceptors (Lipinski definition) is 2. The van der Waals surface area contributed by atoms with Crippen LogP contribution in [0, 0.1) is 5.41 Å². The number of nitrogens with two attached hydrogens (primary N) is 1. The molecule has 0 fully saturated rings. The Morgan fingerprint density at radius 3 is 2.72 bits per heavy atom. The summed E-state index contributed by atoms with van der Waals surface area (Å²) in [4.78, 5) is 0. The zero-order chi connectivity index (χ0) is 12.8. The van der Waals surface area contributed by atoms with Crippen LogP contribution in [0.15, 0.2) is 24.3 Å². The summed E-state index contributed by atoms with van der Waals surface area (Å²) in [6.45, 7) is 4.65. The molecule has 1 unspecified atom stereocenters. The van der Waals surface area contributed by atoms with Gasteiger partial charge in [0.15, 0.2) is 0 Å². The van der Waals surface area contributed by atoms with E-state index in [4.69, 9.17) is 10.5 Å². The highest BCUT2D eigenvalue weighted by atomic mass is 16.5. The lowest BCUT2D eigenvalue weighted by Gasteiger charge is -2.37. The molecule has 1 aromatic rings. The van der Waals surface area contributed by atoms with Crippen LogP contribution >= 0.6 is 0 Å². The number of rotatable bonds is 6. The van der Waals surface area contributed by atoms with E-state index >= 15 is 0 Å². The van der Waals surface area contributed by atoms with Crippen molar-refractivity contribution in [2.24, 2.45) is 11.1 Å². The summed E-state index contributed by atoms with van der Waals surface area (Å²) in [5, 5.41) is 0. The van der Waals surface area contributed by atoms with Crippen LogP contribution in [-0.2, 0) is 17.6 Å². The lowest BCUT2D eigenvalue weighted by molar-refractivity contribution is 0.0895. The van der Waals surface area contributed by atoms with E-state index in [1.807, 2.05) is 0 Å². The van der Waals surface area contributed by atoms with E-state index in [1.54, 1.807) is 0 Å². The smallest absolute Gasteiger partial charge is 0.0471 e. The van der Waals surface area contributed by atoms with Gasteiger partial charge < -0.3 is 10.5 Å². The predicted molar refractivity (Wildman–Crippen MR) is 75.7 cm³/mol. The van der Waals surface area contributed by atoms with Crippen molar-refractivity contribution in [2.75, 3.05) is 19.8 Å². The second-order valence-corrected chi connectivity index (χ2v) is 5.51. The van der Waals surface area contributed by atoms with E-state index < -0.39 is 0 Å². The minimum absolute atomic E-state index is 0.266. The first-order valence-corrected chi connectivity index (χ1v) is 7.14. The maximum Gasteiger partial charge on any atom is 0.0471 e. The molecule has 2 nitrogen and oxygen atoms in total. The Morgan fingerprint density at radius 2 is 2.00 bits per heavy atom. The van der Waals surface area contributed by atoms with Crippen LogP contribution in [0.25, 0.3) is 0 Å². The summed E-state index contributed by atoms with van der Waals surface area (Å²) < 4.78 is 5.64. The van der Waals surface area contributed by atoms with Gasteiger partial charge in [-0.3, -0.25) is 0 Å². The highest BCUT2D eigenvalue weighted by Gasteiger charge is 2.32. The second kappa shape index (κ2) is 6.35. The molecule has 0 aromatic heterocycles. The fraction of sp³-hybridized carbons (Fsp3) is 0.625. The molecule has 1 aliphatic rings. The first kappa shape index (κ1) is 13.6. The van der Waals surface area contributed by atoms with E-state index in [2.05, 4.69) is 31.2 Å². The van der Waals surface area contributed by atoms with Crippen molar-refractivity contribution < 1.29 is 4.74 Å². The highest BCUT2D eigenvalue weighted by molar-refractivity contribution is 5.31. The molecule has 2 N–H and O–H groups in total. The fourth-order valence-electron chi connectivity index (χ4n) is 2.89. The molecular formula is C16H25NO. The number of fused-ring (bicyclic) bond motifs is 1. The average molecular weight is 247 g/mol. The molecule has 1 aliphatic carbocycles. The Labute approximate surface area is 111 Å². The standard InChI is InChI=1S/C16H25NO/c1-2-10-18-11-9-16(13-17)8-7-14-5-3-4-6-15(14)12-16/h3-6H,2,7-13,17H2,1H3. The fourth-order valence-corrected chi connectivity index (χ4v) is 2.89. The zero-order valence-corrected chi connectivity index (χ0v) is 11.5. The van der Waals surface area contributed by atoms with Gasteiger partial charge in [-0.05, 0) is 55.2 Å². The largest absolute Gasteiger partial charge is 0.381 e. The van der Waals surface area contributed by atoms with Crippen molar-refractivity contribution in [3.63, 3.8) is 0 Å². The predicted octanol–water partition coefficient (Wildman–Crippen LogP) is 2.94. The van der Waals surface area contributed by atoms with Gasteiger partial charge in [-0.15, -0.1) is 0 Å². The summed E-state index contributed by atoms with van der Waals surface area (Å²) in [6, 6.07) is 8.78. The third-order valence-electron chi connectivity index (χ3n) is 4.17. The van der Waals surface area contributed by atoms with Crippen LogP contribution < -0.4 is 5.73 Å². The molecule has 2 heteroatoms. The van der Waals surface area contributed by atoms with Crippen molar-refractivity contribution in [1.82, 2.24) is 0 Å². The van der Waals surface area contributed by atoms with Crippen LogP contribution in [0.5, 0.6) is 0 Å². The SMILES string of the molecule is CCCOCCC1(CN)CCc2ccccc2C1. The van der Waals surface area contributed by atoms with Crippen molar-refractivity contribution in [3.8, 4) is 0 Å². The van der Waals surface area contributed by atoms with Gasteiger partial charge in [0.2, 0.25) is 0 Å². The highest BCUT2D eigenvalue weighted by Crippen LogP contribution is 2.37. The monoisotopic (exact) mass is 247 g/mol. The van der Waals surface area contributed by atoms with E-state index in [1.165, 1.54) is 24.0 Å². The minimum Gasteiger partial charge on any atom is -0.381 e. The van der Waals surface area contributed by atoms with Crippen molar-refractivity contribution >= 4 is 0 Å². The van der Waals surface area contributed by atoms with Gasteiger partial charge in [0.1, 0.15) is 0 Å². The van der Waals surface area contributed by atoms with Gasteiger partial charge in [-0.25, -0.2) is 0 Å². The first-order chi connectivity index (χ1) is 8.79. The Kier molecular flexibility index (Phi) is 4.79. The molecule has 1 atom stereocenters. The first-order valence-electron chi connectivity index (χ1n) is 7.14. The molecule has 0 spiro atoms. The number of ether oxygens (including phenoxy) is 1. The van der Waals surface area contributed by atoms with Gasteiger partial charge in [-0.1, -0.05) is 31.2 Å². The summed E-state index contributed by atoms with van der Waals surface area (Å²) in [7, 11) is 0. The van der Waals surface area contributed by atoms with Crippen molar-refractivity contribution in [3.05, 3.63) is 35.4 Å². The number of hydrogen-bond donors (Lipinski definition) is 1. The molecule has 0 aliphatic heterocycles. The number of aryl methyl sites for hydroxylation is 1. The van der Waals surface area contributed by atoms with Crippen LogP contribution in [0.2, 0.25) is 0 Å². The molecule has 0 radical (unpaired) electrons. The lowest BCUT2D eigenvalue weighted by Crippen LogP contribution is -2.37. The van der Waals surface area contributed by atoms with E-state index in [9.17, 15) is 0 Å². The maximum absolute atomic E-state index is 6.05. The summed E-state index contributed by atoms with van der Waals surface area (Å²) in [6.07, 6.45) is 5.68. The maximum atomic E-state index is 6.05. The summed E-state index contributed by atoms with van der Waals surface area (Å²) in [5.41, 5.74) is 9.32. The van der Waals surface area contributed by atoms with Gasteiger partial charge in [-0.2, -0.15) is 0 Å². The normalized spacial score (nSPS) is 22.8. The minimum atomic E-state index is 0.266. The summed E-state index contributed by atoms with van der Waals surface area (Å²) in [5.74, 6) is 0. The third-order valence-corrected chi connectivity index (χ3v) is 4.17. The molecule has 0 bridgehead atoms. The topological polar surface area (TPSA) is 35.2 Å². The van der Waals surface area contributed by atoms with E-state index in [0.29, 0.717) is 0 Å². The molecule has 0 saturated carbocycles. The van der Waals surface area contributed by atoms with Gasteiger partial charge in [0.25, 0.3) is 0 Å². The van der Waals surface area contributed by atoms with Crippen molar-refractivity contribution in [1.29, 1.82) is 0 Å². The van der Waals surface area contributed by atoms with Crippen LogP contribution in [-0.4, -0.2) is 19.8 Å². The summed E-state index contributed by atoms with van der Waals surface area (Å²) >= 11 is 0. The molecular weight excluding hydrogens is 222 g/mol. The molecule has 0 amide bonds. The Hall–Kier alpha value is -0.860. The molecule has 0 saturated heterocycles. The molecule has 1 aromatic carbocycles. The second-order valence-electron chi connectivity index (χ2n) is 5.51. The Morgan fingerprint density at radius 1 is 1.22 bits per heavy atom. The number of benzene rings is 1. The van der Waals surface area contributed by atoms with Gasteiger partial charge >= 0.3 is 0 Å². The molecule has 2 rings (SSSR count). The van der Waals surface area contributed by atoms with E-state index in [-0.39, 0.29) is 5.41 Å². The van der Waals surface area contributed by atoms with Crippen molar-refractivity contribution in [2.45, 2.75) is 39.0 Å².